The predicted molar refractivity (Wildman–Crippen MR) is 104 cm³/mol. The van der Waals surface area contributed by atoms with Crippen molar-refractivity contribution in [1.82, 2.24) is 0 Å². The van der Waals surface area contributed by atoms with Crippen LogP contribution in [0.1, 0.15) is 35.1 Å². The molecule has 6 nitrogen and oxygen atoms in total. The van der Waals surface area contributed by atoms with Crippen molar-refractivity contribution in [2.75, 3.05) is 19.5 Å². The van der Waals surface area contributed by atoms with Gasteiger partial charge in [-0.2, -0.15) is 0 Å². The van der Waals surface area contributed by atoms with Crippen LogP contribution in [-0.2, 0) is 0 Å². The van der Waals surface area contributed by atoms with Crippen molar-refractivity contribution in [3.8, 4) is 11.5 Å². The maximum absolute atomic E-state index is 11.5. The molecular formula is C21H22N2O4. The minimum absolute atomic E-state index is 0.0127. The van der Waals surface area contributed by atoms with Crippen LogP contribution >= 0.6 is 0 Å². The van der Waals surface area contributed by atoms with Gasteiger partial charge in [0.05, 0.1) is 30.9 Å². The Morgan fingerprint density at radius 1 is 1.15 bits per heavy atom. The summed E-state index contributed by atoms with van der Waals surface area (Å²) >= 11 is 0. The van der Waals surface area contributed by atoms with Gasteiger partial charge in [0.25, 0.3) is 0 Å². The lowest BCUT2D eigenvalue weighted by molar-refractivity contribution is -0.385. The van der Waals surface area contributed by atoms with Gasteiger partial charge in [0.15, 0.2) is 5.75 Å². The number of nitro groups is 1. The molecule has 3 atom stereocenters. The van der Waals surface area contributed by atoms with Crippen molar-refractivity contribution >= 4 is 11.4 Å². The quantitative estimate of drug-likeness (QED) is 0.480. The van der Waals surface area contributed by atoms with Crippen LogP contribution in [0.5, 0.6) is 11.5 Å². The Morgan fingerprint density at radius 2 is 1.89 bits per heavy atom. The van der Waals surface area contributed by atoms with Gasteiger partial charge >= 0.3 is 5.69 Å². The number of nitrogens with one attached hydrogen (secondary N) is 1. The van der Waals surface area contributed by atoms with Crippen molar-refractivity contribution in [3.05, 3.63) is 69.3 Å². The molecule has 1 N–H and O–H groups in total. The van der Waals surface area contributed by atoms with E-state index in [-0.39, 0.29) is 23.4 Å². The summed E-state index contributed by atoms with van der Waals surface area (Å²) in [5, 5.41) is 15.1. The van der Waals surface area contributed by atoms with Gasteiger partial charge in [0, 0.05) is 12.0 Å². The van der Waals surface area contributed by atoms with Crippen LogP contribution in [0.2, 0.25) is 0 Å². The third-order valence-electron chi connectivity index (χ3n) is 5.68. The van der Waals surface area contributed by atoms with E-state index in [1.54, 1.807) is 19.2 Å². The number of benzene rings is 2. The van der Waals surface area contributed by atoms with Crippen LogP contribution in [0.3, 0.4) is 0 Å². The Bertz CT molecular complexity index is 938. The number of rotatable bonds is 4. The van der Waals surface area contributed by atoms with E-state index in [1.165, 1.54) is 18.2 Å². The fourth-order valence-electron chi connectivity index (χ4n) is 4.41. The largest absolute Gasteiger partial charge is 0.495 e. The summed E-state index contributed by atoms with van der Waals surface area (Å²) in [6, 6.07) is 9.22. The van der Waals surface area contributed by atoms with Crippen molar-refractivity contribution in [2.24, 2.45) is 5.92 Å². The molecule has 0 saturated carbocycles. The Labute approximate surface area is 158 Å². The topological polar surface area (TPSA) is 73.6 Å². The molecule has 0 saturated heterocycles. The number of nitro benzene ring substituents is 1. The van der Waals surface area contributed by atoms with Gasteiger partial charge in [-0.15, -0.1) is 0 Å². The zero-order chi connectivity index (χ0) is 19.1. The van der Waals surface area contributed by atoms with Crippen LogP contribution in [0.15, 0.2) is 42.5 Å². The first-order valence-corrected chi connectivity index (χ1v) is 8.98. The SMILES string of the molecule is COc1ccc([C@@H]2Nc3c(OC)ccc(C)c3[C@@H]3C=CC[C@@H]32)cc1[N+](=O)[O-]. The summed E-state index contributed by atoms with van der Waals surface area (Å²) in [5.74, 6) is 1.63. The summed E-state index contributed by atoms with van der Waals surface area (Å²) in [6.07, 6.45) is 5.38. The van der Waals surface area contributed by atoms with E-state index >= 15 is 0 Å². The van der Waals surface area contributed by atoms with Crippen LogP contribution in [-0.4, -0.2) is 19.1 Å². The van der Waals surface area contributed by atoms with E-state index in [0.29, 0.717) is 5.92 Å². The van der Waals surface area contributed by atoms with E-state index in [4.69, 9.17) is 9.47 Å². The minimum atomic E-state index is -0.395. The van der Waals surface area contributed by atoms with Gasteiger partial charge in [0.2, 0.25) is 0 Å². The molecule has 0 radical (unpaired) electrons. The second kappa shape index (κ2) is 6.61. The summed E-state index contributed by atoms with van der Waals surface area (Å²) < 4.78 is 10.7. The molecule has 4 rings (SSSR count). The number of allylic oxidation sites excluding steroid dienone is 2. The van der Waals surface area contributed by atoms with E-state index < -0.39 is 4.92 Å². The number of hydrogen-bond donors (Lipinski definition) is 1. The third-order valence-corrected chi connectivity index (χ3v) is 5.68. The maximum Gasteiger partial charge on any atom is 0.311 e. The lowest BCUT2D eigenvalue weighted by atomic mass is 9.75. The van der Waals surface area contributed by atoms with Crippen molar-refractivity contribution < 1.29 is 14.4 Å². The average Bonchev–Trinajstić information content (AvgIpc) is 3.16. The lowest BCUT2D eigenvalue weighted by Gasteiger charge is -2.39. The van der Waals surface area contributed by atoms with Gasteiger partial charge < -0.3 is 14.8 Å². The molecular weight excluding hydrogens is 344 g/mol. The number of ether oxygens (including phenoxy) is 2. The first kappa shape index (κ1) is 17.4. The molecule has 1 aliphatic heterocycles. The molecule has 0 amide bonds. The van der Waals surface area contributed by atoms with Gasteiger partial charge in [0.1, 0.15) is 5.75 Å². The highest BCUT2D eigenvalue weighted by Crippen LogP contribution is 2.53. The Balaban J connectivity index is 1.83. The van der Waals surface area contributed by atoms with E-state index in [2.05, 4.69) is 30.5 Å². The molecule has 27 heavy (non-hydrogen) atoms. The molecule has 0 spiro atoms. The second-order valence-corrected chi connectivity index (χ2v) is 7.04. The first-order chi connectivity index (χ1) is 13.0. The number of fused-ring (bicyclic) bond motifs is 3. The Morgan fingerprint density at radius 3 is 2.59 bits per heavy atom. The second-order valence-electron chi connectivity index (χ2n) is 7.04. The summed E-state index contributed by atoms with van der Waals surface area (Å²) in [6.45, 7) is 2.11. The monoisotopic (exact) mass is 366 g/mol. The number of hydrogen-bond acceptors (Lipinski definition) is 5. The Kier molecular flexibility index (Phi) is 4.26. The molecule has 6 heteroatoms. The average molecular weight is 366 g/mol. The lowest BCUT2D eigenvalue weighted by Crippen LogP contribution is -2.30. The molecule has 0 unspecified atom stereocenters. The van der Waals surface area contributed by atoms with Gasteiger partial charge in [-0.3, -0.25) is 10.1 Å². The van der Waals surface area contributed by atoms with Crippen LogP contribution < -0.4 is 14.8 Å². The fourth-order valence-corrected chi connectivity index (χ4v) is 4.41. The predicted octanol–water partition coefficient (Wildman–Crippen LogP) is 4.75. The number of nitrogens with zero attached hydrogens (tertiary/aromatic N) is 1. The normalized spacial score (nSPS) is 22.6. The molecule has 0 fully saturated rings. The van der Waals surface area contributed by atoms with Crippen LogP contribution in [0.25, 0.3) is 0 Å². The van der Waals surface area contributed by atoms with Crippen LogP contribution in [0.4, 0.5) is 11.4 Å². The summed E-state index contributed by atoms with van der Waals surface area (Å²) in [5.41, 5.74) is 4.33. The molecule has 2 aromatic carbocycles. The summed E-state index contributed by atoms with van der Waals surface area (Å²) in [4.78, 5) is 11.1. The van der Waals surface area contributed by atoms with Crippen molar-refractivity contribution in [1.29, 1.82) is 0 Å². The number of methoxy groups -OCH3 is 2. The summed E-state index contributed by atoms with van der Waals surface area (Å²) in [7, 11) is 3.11. The van der Waals surface area contributed by atoms with Crippen LogP contribution in [0, 0.1) is 23.0 Å². The molecule has 0 aromatic heterocycles. The van der Waals surface area contributed by atoms with E-state index in [1.807, 2.05) is 12.1 Å². The van der Waals surface area contributed by atoms with E-state index in [9.17, 15) is 10.1 Å². The highest BCUT2D eigenvalue weighted by Gasteiger charge is 2.40. The molecule has 140 valence electrons. The molecule has 0 bridgehead atoms. The van der Waals surface area contributed by atoms with Gasteiger partial charge in [-0.1, -0.05) is 24.3 Å². The van der Waals surface area contributed by atoms with Gasteiger partial charge in [-0.25, -0.2) is 0 Å². The third kappa shape index (κ3) is 2.72. The molecule has 2 aliphatic rings. The van der Waals surface area contributed by atoms with E-state index in [0.717, 1.165) is 23.4 Å². The van der Waals surface area contributed by atoms with Crippen molar-refractivity contribution in [3.63, 3.8) is 0 Å². The smallest absolute Gasteiger partial charge is 0.311 e. The highest BCUT2D eigenvalue weighted by molar-refractivity contribution is 5.70. The van der Waals surface area contributed by atoms with Gasteiger partial charge in [-0.05, 0) is 48.1 Å². The van der Waals surface area contributed by atoms with Crippen molar-refractivity contribution in [2.45, 2.75) is 25.3 Å². The number of anilines is 1. The number of aryl methyl sites for hydroxylation is 1. The maximum atomic E-state index is 11.5. The zero-order valence-electron chi connectivity index (χ0n) is 15.6. The standard InChI is InChI=1S/C21H22N2O4/c1-12-7-9-18(27-3)21-19(12)14-5-4-6-15(14)20(22-21)13-8-10-17(26-2)16(11-13)23(24)25/h4-5,7-11,14-15,20,22H,6H2,1-3H3/t14-,15+,20+/m1/s1. The Hall–Kier alpha value is -3.02. The molecule has 1 heterocycles. The molecule has 1 aliphatic carbocycles. The molecule has 2 aromatic rings. The minimum Gasteiger partial charge on any atom is -0.495 e. The first-order valence-electron chi connectivity index (χ1n) is 8.98. The zero-order valence-corrected chi connectivity index (χ0v) is 15.6. The highest BCUT2D eigenvalue weighted by atomic mass is 16.6. The fraction of sp³-hybridized carbons (Fsp3) is 0.333.